The van der Waals surface area contributed by atoms with Gasteiger partial charge in [-0.2, -0.15) is 0 Å². The zero-order valence-corrected chi connectivity index (χ0v) is 68.2. The molecule has 4 aromatic rings. The molecule has 16 unspecified atom stereocenters. The molecule has 0 aliphatic carbocycles. The highest BCUT2D eigenvalue weighted by molar-refractivity contribution is 5.77. The normalized spacial score (nSPS) is 40.8. The van der Waals surface area contributed by atoms with Crippen LogP contribution in [0.4, 0.5) is 0 Å². The largest absolute Gasteiger partial charge is 0.493 e. The second-order valence-corrected chi connectivity index (χ2v) is 29.1. The van der Waals surface area contributed by atoms with E-state index in [1.807, 2.05) is 0 Å². The van der Waals surface area contributed by atoms with E-state index >= 15 is 0 Å². The molecule has 12 rings (SSSR count). The molecule has 8 aliphatic rings. The van der Waals surface area contributed by atoms with E-state index in [-0.39, 0.29) is 67.8 Å². The Kier molecular flexibility index (Phi) is 14.8. The minimum atomic E-state index is -4.01. The van der Waals surface area contributed by atoms with E-state index in [4.69, 9.17) is 165 Å². The third-order valence-electron chi connectivity index (χ3n) is 21.4. The van der Waals surface area contributed by atoms with Crippen molar-refractivity contribution in [3.8, 4) is 46.0 Å². The summed E-state index contributed by atoms with van der Waals surface area (Å²) in [4.78, 5) is 60.9. The van der Waals surface area contributed by atoms with Gasteiger partial charge in [0.05, 0.1) is 75.9 Å². The van der Waals surface area contributed by atoms with Crippen LogP contribution < -0.4 is 60.8 Å². The minimum absolute atomic E-state index is 0.0423. The van der Waals surface area contributed by atoms with Crippen LogP contribution in [0.3, 0.4) is 0 Å². The molecule has 0 aromatic heterocycles. The highest BCUT2D eigenvalue weighted by atomic mass is 16.6. The molecule has 120 heavy (non-hydrogen) atoms. The van der Waals surface area contributed by atoms with Crippen LogP contribution in [0.25, 0.3) is 0 Å². The number of carbonyl (C=O) groups is 4. The Hall–Kier alpha value is -7.16. The Labute approximate surface area is 811 Å². The van der Waals surface area contributed by atoms with Crippen LogP contribution in [0.1, 0.15) is 320 Å². The molecular formula is C96H152N8O16. The van der Waals surface area contributed by atoms with Crippen molar-refractivity contribution in [2.75, 3.05) is 109 Å². The third-order valence-corrected chi connectivity index (χ3v) is 21.4. The quantitative estimate of drug-likeness (QED) is 0.0303. The number of nitrogens with two attached hydrogens (primary N) is 4. The summed E-state index contributed by atoms with van der Waals surface area (Å²) in [6.07, 6.45) is -24.4. The fraction of sp³-hybridized carbons (Fsp3) is 0.708. The summed E-state index contributed by atoms with van der Waals surface area (Å²) < 4.78 is 597. The molecule has 672 valence electrons. The molecule has 4 fully saturated rings. The molecule has 4 aromatic carbocycles. The lowest BCUT2D eigenvalue weighted by Crippen LogP contribution is -2.51. The van der Waals surface area contributed by atoms with Crippen LogP contribution in [0.15, 0.2) is 48.5 Å². The minimum Gasteiger partial charge on any atom is -0.493 e. The number of hydrogen-bond acceptors (Lipinski definition) is 24. The van der Waals surface area contributed by atoms with Gasteiger partial charge in [-0.1, -0.05) is 110 Å². The Balaban J connectivity index is 0.000000270. The predicted molar refractivity (Wildman–Crippen MR) is 471 cm³/mol. The van der Waals surface area contributed by atoms with E-state index in [0.29, 0.717) is 69.0 Å². The van der Waals surface area contributed by atoms with E-state index < -0.39 is 341 Å². The van der Waals surface area contributed by atoms with Crippen LogP contribution in [0, 0.1) is 70.8 Å². The average molecular weight is 1740 g/mol. The number of fused-ring (bicyclic) bond motifs is 12. The Morgan fingerprint density at radius 1 is 0.367 bits per heavy atom. The summed E-state index contributed by atoms with van der Waals surface area (Å²) in [6.45, 7) is -41.8. The van der Waals surface area contributed by atoms with Crippen LogP contribution >= 0.6 is 0 Å². The molecule has 8 heterocycles. The monoisotopic (exact) mass is 1740 g/mol. The molecule has 0 spiro atoms. The summed E-state index contributed by atoms with van der Waals surface area (Å²) in [6, 6.07) is -7.87. The molecule has 0 saturated carbocycles. The van der Waals surface area contributed by atoms with Crippen molar-refractivity contribution < 1.29 is 166 Å². The van der Waals surface area contributed by atoms with E-state index in [1.165, 1.54) is 77.9 Å². The molecule has 24 nitrogen and oxygen atoms in total. The molecule has 0 bridgehead atoms. The van der Waals surface area contributed by atoms with E-state index in [2.05, 4.69) is 0 Å². The first-order valence-electron chi connectivity index (χ1n) is 70.8. The number of carbonyl (C=O) groups excluding carboxylic acids is 4. The standard InChI is InChI=1S/4C24H38N2O4/c4*1-14(2)9-17-13-26-8-7-16-10-21(28-5)22(29-6)11-18(16)19(26)12-20(17)30-24(27)23(25)15(3)4/h4*10-11,14-15,17,19-20,23H,7-9,12-13,25H2,1-6H3/t4*17?,19?,20?,23-/m0000/s1/i2*1D3,3D3,4D3,5D3,9D2,14D,15D,20D,23D;1D3,3D3,4D3,9D2,14D,15D,20D,23D;1D3,3D3,4D3,9D2,14D,15D,19D,23D/t4*14?,17?,19?,20?,23-. The number of nitrogens with zero attached hydrogens (tertiary/aromatic N) is 4. The molecule has 0 amide bonds. The topological polar surface area (TPSA) is 296 Å². The van der Waals surface area contributed by atoms with Crippen molar-refractivity contribution in [1.82, 2.24) is 19.6 Å². The summed E-state index contributed by atoms with van der Waals surface area (Å²) in [5.74, 6) is -42.5. The smallest absolute Gasteiger partial charge is 0.323 e. The summed E-state index contributed by atoms with van der Waals surface area (Å²) in [5.41, 5.74) is 26.9. The van der Waals surface area contributed by atoms with Crippen molar-refractivity contribution in [3.63, 3.8) is 0 Å². The van der Waals surface area contributed by atoms with Crippen LogP contribution in [0.5, 0.6) is 46.0 Å². The first kappa shape index (κ1) is 40.4. The fourth-order valence-corrected chi connectivity index (χ4v) is 15.7. The van der Waals surface area contributed by atoms with Gasteiger partial charge in [-0.25, -0.2) is 0 Å². The van der Waals surface area contributed by atoms with Gasteiger partial charge < -0.3 is 79.8 Å². The van der Waals surface area contributed by atoms with Gasteiger partial charge in [-0.05, 0) is 191 Å². The lowest BCUT2D eigenvalue weighted by molar-refractivity contribution is -0.161. The van der Waals surface area contributed by atoms with Gasteiger partial charge in [0.1, 0.15) is 48.4 Å². The second kappa shape index (κ2) is 43.9. The van der Waals surface area contributed by atoms with Gasteiger partial charge in [0.15, 0.2) is 46.0 Å². The van der Waals surface area contributed by atoms with Crippen molar-refractivity contribution in [1.29, 1.82) is 0 Å². The van der Waals surface area contributed by atoms with Gasteiger partial charge in [-0.3, -0.25) is 38.8 Å². The summed E-state index contributed by atoms with van der Waals surface area (Å²) >= 11 is 0. The maximum Gasteiger partial charge on any atom is 0.323 e. The van der Waals surface area contributed by atoms with Crippen LogP contribution in [-0.4, -0.2) is 201 Å². The van der Waals surface area contributed by atoms with Gasteiger partial charge in [0, 0.05) is 197 Å². The zero-order valence-electron chi connectivity index (χ0n) is 134. The number of benzene rings is 4. The lowest BCUT2D eigenvalue weighted by Gasteiger charge is -2.47. The van der Waals surface area contributed by atoms with Crippen molar-refractivity contribution in [2.24, 2.45) is 93.8 Å². The highest BCUT2D eigenvalue weighted by Gasteiger charge is 2.47. The van der Waals surface area contributed by atoms with Crippen molar-refractivity contribution in [3.05, 3.63) is 93.0 Å². The number of ether oxygens (including phenoxy) is 12. The lowest BCUT2D eigenvalue weighted by atomic mass is 9.79. The van der Waals surface area contributed by atoms with E-state index in [9.17, 15) is 24.7 Å². The summed E-state index contributed by atoms with van der Waals surface area (Å²) in [7, 11) is 2.42. The van der Waals surface area contributed by atoms with Crippen LogP contribution in [-0.2, 0) is 63.8 Å². The van der Waals surface area contributed by atoms with Crippen molar-refractivity contribution in [2.45, 2.75) is 259 Å². The molecule has 0 radical (unpaired) electrons. The number of methoxy groups -OCH3 is 8. The number of hydrogen-bond donors (Lipinski definition) is 4. The molecule has 4 saturated heterocycles. The predicted octanol–water partition coefficient (Wildman–Crippen LogP) is 14.3. The molecule has 24 heteroatoms. The zero-order chi connectivity index (χ0) is 145. The van der Waals surface area contributed by atoms with E-state index in [1.54, 1.807) is 32.9 Å². The third kappa shape index (κ3) is 23.8. The average Bonchev–Trinajstić information content (AvgIpc) is 0.687. The number of piperidine rings is 4. The molecule has 20 atom stereocenters. The maximum absolute atomic E-state index is 13.6. The SMILES string of the molecule is [2H]C([2H])([2H])Oc1cc2c(cc1OC)C1CC([2H])(OC(=O)[C@@]([2H])(N)C([2H])(C([2H])([2H])[2H])C([2H])([2H])[2H])C(C([2H])([2H])C([2H])(C)C([2H])([2H])[2H])CN1CC2.[2H]C([2H])([2H])Oc1cc2c(cc1OC)C1CC([2H])(OC(=O)[C@@]([2H])(N)C([2H])(C([2H])([2H])[2H])C([2H])([2H])[2H])C(C([2H])([2H])C([2H])(C)C([2H])([2H])[2H])CN1CC2.[2H]C1(OC(=O)[C@@]([2H])(N)C([2H])(C([2H])([2H])[2H])C([2H])([2H])[2H])CC2c3cc(OC)c(OC)cc3CCN2CC1C([2H])([2H])C([2H])(C)C([2H])([2H])[2H].[2H]C12CC(OC(=O)[C@@]([2H])(N)C([2H])(C([2H])([2H])[2H])C([2H])([2H])[2H])C(C([2H])([2H])C([2H])(C)C([2H])([2H])[2H])CN1CCc1cc(OC)c(OC)cc12. The Bertz CT molecular complexity index is 6710. The Morgan fingerprint density at radius 2 is 0.625 bits per heavy atom. The van der Waals surface area contributed by atoms with E-state index in [0.717, 1.165) is 33.3 Å². The number of rotatable bonds is 28. The maximum atomic E-state index is 13.6. The molecule has 8 aliphatic heterocycles. The van der Waals surface area contributed by atoms with Crippen molar-refractivity contribution >= 4 is 23.9 Å². The Morgan fingerprint density at radius 3 is 0.917 bits per heavy atom. The van der Waals surface area contributed by atoms with Gasteiger partial charge in [-0.15, -0.1) is 0 Å². The number of esters is 4. The van der Waals surface area contributed by atoms with Gasteiger partial charge in [0.2, 0.25) is 0 Å². The van der Waals surface area contributed by atoms with Gasteiger partial charge in [0.25, 0.3) is 0 Å². The molecular weight excluding hydrogens is 1520 g/mol. The van der Waals surface area contributed by atoms with Crippen LogP contribution in [0.2, 0.25) is 0 Å². The first-order chi connectivity index (χ1) is 82.5. The first-order valence-corrected chi connectivity index (χ1v) is 37.8. The molecule has 8 N–H and O–H groups in total. The van der Waals surface area contributed by atoms with Gasteiger partial charge >= 0.3 is 23.9 Å². The highest BCUT2D eigenvalue weighted by Crippen LogP contribution is 2.50. The summed E-state index contributed by atoms with van der Waals surface area (Å²) in [5, 5.41) is 0. The second-order valence-electron chi connectivity index (χ2n) is 29.1. The fourth-order valence-electron chi connectivity index (χ4n) is 15.7.